The van der Waals surface area contributed by atoms with Gasteiger partial charge < -0.3 is 5.73 Å². The number of hydrogen-bond donors (Lipinski definition) is 1. The van der Waals surface area contributed by atoms with Crippen LogP contribution < -0.4 is 5.73 Å². The first-order valence-corrected chi connectivity index (χ1v) is 5.60. The molecule has 0 aliphatic carbocycles. The van der Waals surface area contributed by atoms with Crippen molar-refractivity contribution in [1.82, 2.24) is 0 Å². The molecule has 2 N–H and O–H groups in total. The van der Waals surface area contributed by atoms with Crippen molar-refractivity contribution < 1.29 is 0 Å². The third-order valence-corrected chi connectivity index (χ3v) is 2.95. The van der Waals surface area contributed by atoms with Crippen LogP contribution in [-0.2, 0) is 12.0 Å². The van der Waals surface area contributed by atoms with Crippen LogP contribution in [0.3, 0.4) is 0 Å². The topological polar surface area (TPSA) is 73.6 Å². The summed E-state index contributed by atoms with van der Waals surface area (Å²) in [6.45, 7) is 5.99. The van der Waals surface area contributed by atoms with Crippen LogP contribution in [0.1, 0.15) is 43.4 Å². The van der Waals surface area contributed by atoms with Gasteiger partial charge in [-0.25, -0.2) is 0 Å². The molecule has 0 saturated heterocycles. The fourth-order valence-corrected chi connectivity index (χ4v) is 1.59. The summed E-state index contributed by atoms with van der Waals surface area (Å²) in [5, 5.41) is 18.1. The second kappa shape index (κ2) is 4.99. The highest BCUT2D eigenvalue weighted by atomic mass is 14.5. The Morgan fingerprint density at radius 3 is 2.41 bits per heavy atom. The molecule has 0 spiro atoms. The van der Waals surface area contributed by atoms with E-state index in [-0.39, 0.29) is 5.92 Å². The Morgan fingerprint density at radius 1 is 1.29 bits per heavy atom. The van der Waals surface area contributed by atoms with E-state index >= 15 is 0 Å². The number of benzene rings is 1. The first-order chi connectivity index (χ1) is 7.94. The molecule has 3 heteroatoms. The summed E-state index contributed by atoms with van der Waals surface area (Å²) in [6.07, 6.45) is 0. The second-order valence-electron chi connectivity index (χ2n) is 4.75. The molecule has 1 aromatic carbocycles. The summed E-state index contributed by atoms with van der Waals surface area (Å²) in [5.41, 5.74) is 7.89. The highest BCUT2D eigenvalue weighted by Crippen LogP contribution is 2.27. The average Bonchev–Trinajstić information content (AvgIpc) is 2.37. The van der Waals surface area contributed by atoms with Crippen molar-refractivity contribution in [1.29, 1.82) is 10.5 Å². The highest BCUT2D eigenvalue weighted by molar-refractivity contribution is 5.40. The summed E-state index contributed by atoms with van der Waals surface area (Å²) in [4.78, 5) is 0. The Labute approximate surface area is 102 Å². The minimum Gasteiger partial charge on any atom is -0.326 e. The summed E-state index contributed by atoms with van der Waals surface area (Å²) < 4.78 is 0. The van der Waals surface area contributed by atoms with Gasteiger partial charge in [0, 0.05) is 6.54 Å². The number of rotatable bonds is 3. The molecule has 0 saturated carbocycles. The SMILES string of the molecule is CC(C#N)c1cc(CN)cc(C(C)(C)C#N)c1. The number of nitriles is 2. The number of nitrogens with zero attached hydrogens (tertiary/aromatic N) is 2. The number of hydrogen-bond acceptors (Lipinski definition) is 3. The average molecular weight is 227 g/mol. The van der Waals surface area contributed by atoms with Gasteiger partial charge in [0.15, 0.2) is 0 Å². The highest BCUT2D eigenvalue weighted by Gasteiger charge is 2.21. The van der Waals surface area contributed by atoms with Gasteiger partial charge >= 0.3 is 0 Å². The van der Waals surface area contributed by atoms with E-state index in [1.165, 1.54) is 0 Å². The van der Waals surface area contributed by atoms with Crippen molar-refractivity contribution in [3.05, 3.63) is 34.9 Å². The maximum absolute atomic E-state index is 9.15. The van der Waals surface area contributed by atoms with Crippen molar-refractivity contribution in [3.63, 3.8) is 0 Å². The lowest BCUT2D eigenvalue weighted by Gasteiger charge is -2.19. The summed E-state index contributed by atoms with van der Waals surface area (Å²) in [6, 6.07) is 10.3. The van der Waals surface area contributed by atoms with E-state index in [0.717, 1.165) is 16.7 Å². The lowest BCUT2D eigenvalue weighted by atomic mass is 9.83. The Morgan fingerprint density at radius 2 is 1.94 bits per heavy atom. The molecular weight excluding hydrogens is 210 g/mol. The third kappa shape index (κ3) is 2.84. The minimum atomic E-state index is -0.560. The maximum atomic E-state index is 9.15. The van der Waals surface area contributed by atoms with Crippen LogP contribution in [0.25, 0.3) is 0 Å². The predicted molar refractivity (Wildman–Crippen MR) is 67.0 cm³/mol. The molecule has 88 valence electrons. The van der Waals surface area contributed by atoms with Crippen LogP contribution in [-0.4, -0.2) is 0 Å². The molecule has 0 amide bonds. The van der Waals surface area contributed by atoms with Crippen molar-refractivity contribution in [2.45, 2.75) is 38.6 Å². The molecular formula is C14H17N3. The fourth-order valence-electron chi connectivity index (χ4n) is 1.59. The molecule has 0 bridgehead atoms. The van der Waals surface area contributed by atoms with Crippen LogP contribution in [0.4, 0.5) is 0 Å². The van der Waals surface area contributed by atoms with Gasteiger partial charge in [-0.05, 0) is 37.5 Å². The van der Waals surface area contributed by atoms with Crippen LogP contribution in [0, 0.1) is 22.7 Å². The molecule has 0 fully saturated rings. The maximum Gasteiger partial charge on any atom is 0.0766 e. The van der Waals surface area contributed by atoms with Crippen molar-refractivity contribution in [2.24, 2.45) is 5.73 Å². The Balaban J connectivity index is 3.35. The molecule has 1 aromatic rings. The van der Waals surface area contributed by atoms with Crippen molar-refractivity contribution in [2.75, 3.05) is 0 Å². The summed E-state index contributed by atoms with van der Waals surface area (Å²) in [7, 11) is 0. The van der Waals surface area contributed by atoms with Crippen LogP contribution >= 0.6 is 0 Å². The second-order valence-corrected chi connectivity index (χ2v) is 4.75. The van der Waals surface area contributed by atoms with Crippen LogP contribution in [0.5, 0.6) is 0 Å². The zero-order valence-electron chi connectivity index (χ0n) is 10.5. The van der Waals surface area contributed by atoms with E-state index in [0.29, 0.717) is 6.54 Å². The molecule has 0 heterocycles. The first-order valence-electron chi connectivity index (χ1n) is 5.60. The molecule has 1 atom stereocenters. The first kappa shape index (κ1) is 13.2. The van der Waals surface area contributed by atoms with Gasteiger partial charge in [0.25, 0.3) is 0 Å². The van der Waals surface area contributed by atoms with E-state index in [1.807, 2.05) is 39.0 Å². The lowest BCUT2D eigenvalue weighted by molar-refractivity contribution is 0.683. The van der Waals surface area contributed by atoms with Gasteiger partial charge in [-0.15, -0.1) is 0 Å². The summed E-state index contributed by atoms with van der Waals surface area (Å²) in [5.74, 6) is -0.185. The van der Waals surface area contributed by atoms with E-state index in [2.05, 4.69) is 12.1 Å². The lowest BCUT2D eigenvalue weighted by Crippen LogP contribution is -2.15. The zero-order valence-corrected chi connectivity index (χ0v) is 10.5. The fraction of sp³-hybridized carbons (Fsp3) is 0.429. The molecule has 3 nitrogen and oxygen atoms in total. The van der Waals surface area contributed by atoms with E-state index in [9.17, 15) is 0 Å². The van der Waals surface area contributed by atoms with Gasteiger partial charge in [-0.3, -0.25) is 0 Å². The molecule has 0 aromatic heterocycles. The molecule has 17 heavy (non-hydrogen) atoms. The molecule has 0 radical (unpaired) electrons. The monoisotopic (exact) mass is 227 g/mol. The van der Waals surface area contributed by atoms with Gasteiger partial charge in [0.05, 0.1) is 23.5 Å². The van der Waals surface area contributed by atoms with Gasteiger partial charge in [0.2, 0.25) is 0 Å². The van der Waals surface area contributed by atoms with Gasteiger partial charge in [-0.1, -0.05) is 18.2 Å². The van der Waals surface area contributed by atoms with E-state index in [4.69, 9.17) is 16.3 Å². The Kier molecular flexibility index (Phi) is 3.89. The van der Waals surface area contributed by atoms with Crippen molar-refractivity contribution >= 4 is 0 Å². The summed E-state index contributed by atoms with van der Waals surface area (Å²) >= 11 is 0. The van der Waals surface area contributed by atoms with Gasteiger partial charge in [0.1, 0.15) is 0 Å². The van der Waals surface area contributed by atoms with Crippen LogP contribution in [0.2, 0.25) is 0 Å². The number of nitrogens with two attached hydrogens (primary N) is 1. The Hall–Kier alpha value is -1.84. The smallest absolute Gasteiger partial charge is 0.0766 e. The molecule has 1 unspecified atom stereocenters. The normalized spacial score (nSPS) is 12.6. The zero-order chi connectivity index (χ0) is 13.1. The van der Waals surface area contributed by atoms with Crippen LogP contribution in [0.15, 0.2) is 18.2 Å². The molecule has 0 aliphatic rings. The third-order valence-electron chi connectivity index (χ3n) is 2.95. The largest absolute Gasteiger partial charge is 0.326 e. The minimum absolute atomic E-state index is 0.185. The molecule has 1 rings (SSSR count). The Bertz CT molecular complexity index is 489. The standard InChI is InChI=1S/C14H17N3/c1-10(7-15)12-4-11(8-16)5-13(6-12)14(2,3)9-17/h4-6,10H,8,16H2,1-3H3. The van der Waals surface area contributed by atoms with Gasteiger partial charge in [-0.2, -0.15) is 10.5 Å². The quantitative estimate of drug-likeness (QED) is 0.862. The van der Waals surface area contributed by atoms with Crippen molar-refractivity contribution in [3.8, 4) is 12.1 Å². The molecule has 0 aliphatic heterocycles. The van der Waals surface area contributed by atoms with E-state index < -0.39 is 5.41 Å². The van der Waals surface area contributed by atoms with E-state index in [1.54, 1.807) is 0 Å². The predicted octanol–water partition coefficient (Wildman–Crippen LogP) is 2.57.